The molecule has 2 rings (SSSR count). The molecule has 0 heterocycles. The highest BCUT2D eigenvalue weighted by Crippen LogP contribution is 2.18. The molecule has 0 aromatic heterocycles. The Labute approximate surface area is 110 Å². The second-order valence-corrected chi connectivity index (χ2v) is 5.02. The summed E-state index contributed by atoms with van der Waals surface area (Å²) < 4.78 is 0. The quantitative estimate of drug-likeness (QED) is 0.831. The molecular formula is C17H21N. The van der Waals surface area contributed by atoms with Crippen molar-refractivity contribution in [3.8, 4) is 0 Å². The van der Waals surface area contributed by atoms with Crippen LogP contribution in [0.5, 0.6) is 0 Å². The maximum atomic E-state index is 3.18. The van der Waals surface area contributed by atoms with E-state index >= 15 is 0 Å². The summed E-state index contributed by atoms with van der Waals surface area (Å²) >= 11 is 0. The van der Waals surface area contributed by atoms with E-state index < -0.39 is 0 Å². The fourth-order valence-electron chi connectivity index (χ4n) is 2.09. The summed E-state index contributed by atoms with van der Waals surface area (Å²) in [6.07, 6.45) is 0.994. The fraction of sp³-hybridized carbons (Fsp3) is 0.294. The van der Waals surface area contributed by atoms with Crippen LogP contribution in [0.4, 0.5) is 5.69 Å². The molecule has 0 atom stereocenters. The van der Waals surface area contributed by atoms with Crippen LogP contribution in [0.1, 0.15) is 36.5 Å². The molecule has 2 aromatic carbocycles. The molecule has 1 heteroatoms. The zero-order chi connectivity index (χ0) is 13.0. The van der Waals surface area contributed by atoms with E-state index in [4.69, 9.17) is 0 Å². The highest BCUT2D eigenvalue weighted by molar-refractivity contribution is 5.46. The van der Waals surface area contributed by atoms with Gasteiger partial charge in [-0.2, -0.15) is 0 Å². The van der Waals surface area contributed by atoms with E-state index in [1.165, 1.54) is 22.4 Å². The minimum atomic E-state index is 0.603. The molecule has 0 fully saturated rings. The minimum Gasteiger partial charge on any atom is -0.388 e. The minimum absolute atomic E-state index is 0.603. The van der Waals surface area contributed by atoms with Crippen molar-refractivity contribution in [2.45, 2.75) is 26.2 Å². The second-order valence-electron chi connectivity index (χ2n) is 5.02. The van der Waals surface area contributed by atoms with Crippen LogP contribution < -0.4 is 5.32 Å². The van der Waals surface area contributed by atoms with Crippen LogP contribution in [0.3, 0.4) is 0 Å². The first-order chi connectivity index (χ1) is 8.69. The van der Waals surface area contributed by atoms with E-state index in [0.29, 0.717) is 5.92 Å². The normalized spacial score (nSPS) is 10.7. The molecule has 0 saturated carbocycles. The highest BCUT2D eigenvalue weighted by Gasteiger charge is 2.00. The van der Waals surface area contributed by atoms with Crippen molar-refractivity contribution in [2.24, 2.45) is 0 Å². The molecule has 0 spiro atoms. The lowest BCUT2D eigenvalue weighted by molar-refractivity contribution is 0.865. The Hall–Kier alpha value is -1.76. The summed E-state index contributed by atoms with van der Waals surface area (Å²) in [6.45, 7) is 4.46. The Kier molecular flexibility index (Phi) is 4.03. The van der Waals surface area contributed by atoms with Crippen molar-refractivity contribution in [3.05, 3.63) is 65.2 Å². The third-order valence-electron chi connectivity index (χ3n) is 3.27. The summed E-state index contributed by atoms with van der Waals surface area (Å²) in [5, 5.41) is 3.18. The van der Waals surface area contributed by atoms with Gasteiger partial charge in [-0.1, -0.05) is 50.2 Å². The smallest absolute Gasteiger partial charge is 0.0340 e. The molecule has 1 N–H and O–H groups in total. The topological polar surface area (TPSA) is 12.0 Å². The van der Waals surface area contributed by atoms with E-state index in [9.17, 15) is 0 Å². The average Bonchev–Trinajstić information content (AvgIpc) is 2.39. The van der Waals surface area contributed by atoms with Gasteiger partial charge in [0.1, 0.15) is 0 Å². The number of nitrogens with one attached hydrogen (secondary N) is 1. The maximum absolute atomic E-state index is 3.18. The molecule has 2 aromatic rings. The van der Waals surface area contributed by atoms with Crippen molar-refractivity contribution >= 4 is 5.69 Å². The van der Waals surface area contributed by atoms with Crippen LogP contribution in [0.15, 0.2) is 48.5 Å². The van der Waals surface area contributed by atoms with Gasteiger partial charge in [-0.25, -0.2) is 0 Å². The van der Waals surface area contributed by atoms with E-state index in [2.05, 4.69) is 67.7 Å². The Morgan fingerprint density at radius 3 is 2.28 bits per heavy atom. The van der Waals surface area contributed by atoms with Crippen molar-refractivity contribution in [1.29, 1.82) is 0 Å². The Balaban J connectivity index is 2.13. The number of anilines is 1. The largest absolute Gasteiger partial charge is 0.388 e. The molecule has 0 aliphatic carbocycles. The van der Waals surface area contributed by atoms with Crippen molar-refractivity contribution in [3.63, 3.8) is 0 Å². The molecular weight excluding hydrogens is 218 g/mol. The van der Waals surface area contributed by atoms with E-state index in [1.807, 2.05) is 7.05 Å². The molecule has 0 unspecified atom stereocenters. The predicted molar refractivity (Wildman–Crippen MR) is 79.3 cm³/mol. The van der Waals surface area contributed by atoms with Gasteiger partial charge in [-0.05, 0) is 41.2 Å². The van der Waals surface area contributed by atoms with Gasteiger partial charge in [0.05, 0.1) is 0 Å². The first-order valence-corrected chi connectivity index (χ1v) is 6.54. The number of hydrogen-bond donors (Lipinski definition) is 1. The lowest BCUT2D eigenvalue weighted by Gasteiger charge is -2.08. The standard InChI is InChI=1S/C17H21N/c1-13(2)16-9-7-14(8-10-16)11-15-5-4-6-17(12-15)18-3/h4-10,12-13,18H,11H2,1-3H3. The van der Waals surface area contributed by atoms with Crippen molar-refractivity contribution in [2.75, 3.05) is 12.4 Å². The summed E-state index contributed by atoms with van der Waals surface area (Å²) in [7, 11) is 1.95. The predicted octanol–water partition coefficient (Wildman–Crippen LogP) is 4.44. The highest BCUT2D eigenvalue weighted by atomic mass is 14.8. The second kappa shape index (κ2) is 5.72. The van der Waals surface area contributed by atoms with Gasteiger partial charge >= 0.3 is 0 Å². The third kappa shape index (κ3) is 3.13. The van der Waals surface area contributed by atoms with Crippen LogP contribution in [-0.4, -0.2) is 7.05 Å². The van der Waals surface area contributed by atoms with Crippen LogP contribution in [0.25, 0.3) is 0 Å². The Bertz CT molecular complexity index is 497. The molecule has 0 aliphatic heterocycles. The zero-order valence-corrected chi connectivity index (χ0v) is 11.4. The van der Waals surface area contributed by atoms with Crippen LogP contribution in [-0.2, 0) is 6.42 Å². The van der Waals surface area contributed by atoms with E-state index in [0.717, 1.165) is 6.42 Å². The Morgan fingerprint density at radius 2 is 1.67 bits per heavy atom. The van der Waals surface area contributed by atoms with Gasteiger partial charge in [-0.15, -0.1) is 0 Å². The SMILES string of the molecule is CNc1cccc(Cc2ccc(C(C)C)cc2)c1. The van der Waals surface area contributed by atoms with E-state index in [-0.39, 0.29) is 0 Å². The van der Waals surface area contributed by atoms with Gasteiger partial charge in [-0.3, -0.25) is 0 Å². The maximum Gasteiger partial charge on any atom is 0.0340 e. The van der Waals surface area contributed by atoms with Gasteiger partial charge in [0.25, 0.3) is 0 Å². The molecule has 0 saturated heterocycles. The number of rotatable bonds is 4. The first-order valence-electron chi connectivity index (χ1n) is 6.54. The van der Waals surface area contributed by atoms with Crippen molar-refractivity contribution in [1.82, 2.24) is 0 Å². The molecule has 1 nitrogen and oxygen atoms in total. The molecule has 0 amide bonds. The molecule has 0 radical (unpaired) electrons. The van der Waals surface area contributed by atoms with E-state index in [1.54, 1.807) is 0 Å². The lowest BCUT2D eigenvalue weighted by atomic mass is 9.99. The summed E-state index contributed by atoms with van der Waals surface area (Å²) in [6, 6.07) is 17.5. The van der Waals surface area contributed by atoms with Crippen LogP contribution in [0.2, 0.25) is 0 Å². The molecule has 18 heavy (non-hydrogen) atoms. The number of hydrogen-bond acceptors (Lipinski definition) is 1. The fourth-order valence-corrected chi connectivity index (χ4v) is 2.09. The third-order valence-corrected chi connectivity index (χ3v) is 3.27. The molecule has 0 bridgehead atoms. The summed E-state index contributed by atoms with van der Waals surface area (Å²) in [5.41, 5.74) is 5.29. The molecule has 94 valence electrons. The van der Waals surface area contributed by atoms with Gasteiger partial charge in [0.15, 0.2) is 0 Å². The molecule has 0 aliphatic rings. The van der Waals surface area contributed by atoms with Crippen molar-refractivity contribution < 1.29 is 0 Å². The number of benzene rings is 2. The summed E-state index contributed by atoms with van der Waals surface area (Å²) in [4.78, 5) is 0. The summed E-state index contributed by atoms with van der Waals surface area (Å²) in [5.74, 6) is 0.603. The van der Waals surface area contributed by atoms with Gasteiger partial charge in [0, 0.05) is 12.7 Å². The Morgan fingerprint density at radius 1 is 0.944 bits per heavy atom. The zero-order valence-electron chi connectivity index (χ0n) is 11.4. The van der Waals surface area contributed by atoms with Crippen LogP contribution in [0, 0.1) is 0 Å². The van der Waals surface area contributed by atoms with Gasteiger partial charge < -0.3 is 5.32 Å². The van der Waals surface area contributed by atoms with Gasteiger partial charge in [0.2, 0.25) is 0 Å². The lowest BCUT2D eigenvalue weighted by Crippen LogP contribution is -1.93. The first kappa shape index (κ1) is 12.7. The monoisotopic (exact) mass is 239 g/mol. The van der Waals surface area contributed by atoms with Crippen LogP contribution >= 0.6 is 0 Å². The average molecular weight is 239 g/mol.